The molecule has 5 heteroatoms. The fraction of sp³-hybridized carbons (Fsp3) is 0.833. The Morgan fingerprint density at radius 3 is 1.39 bits per heavy atom. The van der Waals surface area contributed by atoms with Gasteiger partial charge < -0.3 is 0 Å². The third-order valence-corrected chi connectivity index (χ3v) is 3.98. The van der Waals surface area contributed by atoms with Gasteiger partial charge in [-0.2, -0.15) is 0 Å². The molecule has 0 unspecified atom stereocenters. The summed E-state index contributed by atoms with van der Waals surface area (Å²) >= 11 is 0. The van der Waals surface area contributed by atoms with Crippen molar-refractivity contribution >= 4 is 17.8 Å². The van der Waals surface area contributed by atoms with E-state index >= 15 is 0 Å². The minimum Gasteiger partial charge on any atom is -0.274 e. The molecule has 1 aliphatic rings. The molecule has 1 rings (SSSR count). The highest BCUT2D eigenvalue weighted by Gasteiger charge is 2.37. The van der Waals surface area contributed by atoms with Crippen LogP contribution in [0.25, 0.3) is 0 Å². The molecule has 0 bridgehead atoms. The highest BCUT2D eigenvalue weighted by molar-refractivity contribution is 6.14. The Morgan fingerprint density at radius 2 is 1.09 bits per heavy atom. The normalized spacial score (nSPS) is 17.2. The summed E-state index contributed by atoms with van der Waals surface area (Å²) in [7, 11) is 0. The van der Waals surface area contributed by atoms with Crippen molar-refractivity contribution in [1.29, 1.82) is 0 Å². The number of carbonyl (C=O) groups excluding carboxylic acids is 3. The lowest BCUT2D eigenvalue weighted by Crippen LogP contribution is -2.55. The van der Waals surface area contributed by atoms with Gasteiger partial charge in [0.1, 0.15) is 6.42 Å². The molecule has 0 saturated carbocycles. The Bertz CT molecular complexity index is 418. The van der Waals surface area contributed by atoms with E-state index in [1.807, 2.05) is 0 Å². The van der Waals surface area contributed by atoms with Gasteiger partial charge in [0.2, 0.25) is 11.8 Å². The molecule has 0 radical (unpaired) electrons. The van der Waals surface area contributed by atoms with E-state index in [-0.39, 0.29) is 29.1 Å². The molecular weight excluding hydrogens is 292 g/mol. The van der Waals surface area contributed by atoms with Gasteiger partial charge in [-0.1, -0.05) is 41.5 Å². The van der Waals surface area contributed by atoms with Crippen LogP contribution in [0, 0.1) is 10.8 Å². The van der Waals surface area contributed by atoms with Crippen molar-refractivity contribution in [2.75, 3.05) is 13.1 Å². The van der Waals surface area contributed by atoms with E-state index in [4.69, 9.17) is 0 Å². The van der Waals surface area contributed by atoms with Crippen molar-refractivity contribution in [3.63, 3.8) is 0 Å². The molecule has 1 fully saturated rings. The van der Waals surface area contributed by atoms with Gasteiger partial charge in [-0.25, -0.2) is 4.79 Å². The lowest BCUT2D eigenvalue weighted by molar-refractivity contribution is -0.142. The molecule has 0 spiro atoms. The molecule has 23 heavy (non-hydrogen) atoms. The predicted octanol–water partition coefficient (Wildman–Crippen LogP) is 3.82. The van der Waals surface area contributed by atoms with Gasteiger partial charge in [-0.05, 0) is 36.5 Å². The topological polar surface area (TPSA) is 57.7 Å². The van der Waals surface area contributed by atoms with Crippen LogP contribution in [-0.4, -0.2) is 40.7 Å². The Hall–Kier alpha value is -1.39. The first-order chi connectivity index (χ1) is 10.4. The number of nitrogens with zero attached hydrogens (tertiary/aromatic N) is 2. The third kappa shape index (κ3) is 6.71. The first-order valence-electron chi connectivity index (χ1n) is 8.55. The maximum absolute atomic E-state index is 12.5. The maximum Gasteiger partial charge on any atom is 0.333 e. The predicted molar refractivity (Wildman–Crippen MR) is 90.8 cm³/mol. The molecule has 132 valence electrons. The zero-order valence-electron chi connectivity index (χ0n) is 15.6. The molecule has 1 heterocycles. The van der Waals surface area contributed by atoms with E-state index < -0.39 is 6.03 Å². The first-order valence-corrected chi connectivity index (χ1v) is 8.55. The minimum absolute atomic E-state index is 0.171. The van der Waals surface area contributed by atoms with Crippen LogP contribution < -0.4 is 0 Å². The van der Waals surface area contributed by atoms with Gasteiger partial charge in [-0.3, -0.25) is 19.4 Å². The summed E-state index contributed by atoms with van der Waals surface area (Å²) in [4.78, 5) is 39.0. The number of amides is 4. The molecule has 1 aliphatic heterocycles. The molecule has 0 aromatic heterocycles. The second-order valence-corrected chi connectivity index (χ2v) is 8.88. The van der Waals surface area contributed by atoms with E-state index in [1.165, 1.54) is 9.80 Å². The van der Waals surface area contributed by atoms with Gasteiger partial charge >= 0.3 is 6.03 Å². The van der Waals surface area contributed by atoms with E-state index in [2.05, 4.69) is 41.5 Å². The van der Waals surface area contributed by atoms with Crippen molar-refractivity contribution in [1.82, 2.24) is 9.80 Å². The van der Waals surface area contributed by atoms with E-state index in [1.54, 1.807) is 0 Å². The molecular formula is C18H32N2O3. The number of hydrogen-bond acceptors (Lipinski definition) is 3. The summed E-state index contributed by atoms with van der Waals surface area (Å²) < 4.78 is 0. The Morgan fingerprint density at radius 1 is 0.739 bits per heavy atom. The summed E-state index contributed by atoms with van der Waals surface area (Å²) in [5, 5.41) is 0. The van der Waals surface area contributed by atoms with Crippen molar-refractivity contribution in [3.8, 4) is 0 Å². The van der Waals surface area contributed by atoms with E-state index in [0.717, 1.165) is 25.7 Å². The summed E-state index contributed by atoms with van der Waals surface area (Å²) in [6, 6.07) is -0.436. The molecule has 0 N–H and O–H groups in total. The van der Waals surface area contributed by atoms with Gasteiger partial charge in [0.25, 0.3) is 0 Å². The van der Waals surface area contributed by atoms with Gasteiger partial charge in [0.15, 0.2) is 0 Å². The summed E-state index contributed by atoms with van der Waals surface area (Å²) in [6.45, 7) is 13.6. The average Bonchev–Trinajstić information content (AvgIpc) is 2.34. The molecule has 0 aliphatic carbocycles. The quantitative estimate of drug-likeness (QED) is 0.698. The molecule has 4 amide bonds. The van der Waals surface area contributed by atoms with Crippen molar-refractivity contribution in [3.05, 3.63) is 0 Å². The van der Waals surface area contributed by atoms with Crippen LogP contribution in [0.15, 0.2) is 0 Å². The van der Waals surface area contributed by atoms with Crippen molar-refractivity contribution in [2.24, 2.45) is 10.8 Å². The molecule has 0 aromatic rings. The van der Waals surface area contributed by atoms with Crippen LogP contribution in [0.2, 0.25) is 0 Å². The SMILES string of the molecule is CC(C)(C)CCCN1C(=O)CC(=O)N(CCCC(C)(C)C)C1=O. The lowest BCUT2D eigenvalue weighted by Gasteiger charge is -2.33. The van der Waals surface area contributed by atoms with Gasteiger partial charge in [0.05, 0.1) is 0 Å². The van der Waals surface area contributed by atoms with Gasteiger partial charge in [-0.15, -0.1) is 0 Å². The number of carbonyl (C=O) groups is 3. The number of urea groups is 1. The smallest absolute Gasteiger partial charge is 0.274 e. The third-order valence-electron chi connectivity index (χ3n) is 3.98. The van der Waals surface area contributed by atoms with E-state index in [0.29, 0.717) is 13.1 Å². The van der Waals surface area contributed by atoms with Crippen LogP contribution in [0.1, 0.15) is 73.6 Å². The van der Waals surface area contributed by atoms with Crippen LogP contribution >= 0.6 is 0 Å². The monoisotopic (exact) mass is 324 g/mol. The fourth-order valence-corrected chi connectivity index (χ4v) is 2.65. The summed E-state index contributed by atoms with van der Waals surface area (Å²) in [5.41, 5.74) is 0.341. The number of hydrogen-bond donors (Lipinski definition) is 0. The average molecular weight is 324 g/mol. The zero-order chi connectivity index (χ0) is 17.8. The number of barbiturate groups is 1. The standard InChI is InChI=1S/C18H32N2O3/c1-17(2,3)9-7-11-19-14(21)13-15(22)20(16(19)23)12-8-10-18(4,5)6/h7-13H2,1-6H3. The van der Waals surface area contributed by atoms with Crippen LogP contribution in [0.4, 0.5) is 4.79 Å². The Balaban J connectivity index is 2.61. The summed E-state index contributed by atoms with van der Waals surface area (Å²) in [5.74, 6) is -0.720. The number of rotatable bonds is 6. The minimum atomic E-state index is -0.436. The van der Waals surface area contributed by atoms with Crippen molar-refractivity contribution < 1.29 is 14.4 Å². The van der Waals surface area contributed by atoms with Crippen LogP contribution in [0.5, 0.6) is 0 Å². The maximum atomic E-state index is 12.5. The second kappa shape index (κ2) is 7.45. The fourth-order valence-electron chi connectivity index (χ4n) is 2.65. The Kier molecular flexibility index (Phi) is 6.37. The first kappa shape index (κ1) is 19.7. The lowest BCUT2D eigenvalue weighted by atomic mass is 9.90. The highest BCUT2D eigenvalue weighted by Crippen LogP contribution is 2.23. The number of imide groups is 2. The Labute approximate surface area is 140 Å². The zero-order valence-corrected chi connectivity index (χ0v) is 15.6. The molecule has 0 aromatic carbocycles. The van der Waals surface area contributed by atoms with Crippen molar-refractivity contribution in [2.45, 2.75) is 73.6 Å². The van der Waals surface area contributed by atoms with Crippen LogP contribution in [-0.2, 0) is 9.59 Å². The molecule has 5 nitrogen and oxygen atoms in total. The molecule has 0 atom stereocenters. The second-order valence-electron chi connectivity index (χ2n) is 8.88. The van der Waals surface area contributed by atoms with E-state index in [9.17, 15) is 14.4 Å². The summed E-state index contributed by atoms with van der Waals surface area (Å²) in [6.07, 6.45) is 3.22. The largest absolute Gasteiger partial charge is 0.333 e. The van der Waals surface area contributed by atoms with Gasteiger partial charge in [0, 0.05) is 13.1 Å². The highest BCUT2D eigenvalue weighted by atomic mass is 16.2. The molecule has 1 saturated heterocycles. The van der Waals surface area contributed by atoms with Crippen LogP contribution in [0.3, 0.4) is 0 Å².